The fourth-order valence-corrected chi connectivity index (χ4v) is 2.03. The van der Waals surface area contributed by atoms with Crippen molar-refractivity contribution < 1.29 is 9.53 Å². The molecule has 88 valence electrons. The van der Waals surface area contributed by atoms with E-state index in [1.165, 1.54) is 0 Å². The summed E-state index contributed by atoms with van der Waals surface area (Å²) in [5.74, 6) is 0.797. The minimum absolute atomic E-state index is 0.163. The molecule has 0 spiro atoms. The molecule has 3 heteroatoms. The number of hydrogen-bond acceptors (Lipinski definition) is 2. The third-order valence-electron chi connectivity index (χ3n) is 3.02. The topological polar surface area (TPSA) is 38.3 Å². The van der Waals surface area contributed by atoms with E-state index in [1.54, 1.807) is 0 Å². The average molecular weight is 213 g/mol. The Balaban J connectivity index is 2.40. The molecule has 0 saturated carbocycles. The molecule has 1 aliphatic rings. The monoisotopic (exact) mass is 213 g/mol. The summed E-state index contributed by atoms with van der Waals surface area (Å²) in [6.45, 7) is 7.82. The molecule has 0 aromatic heterocycles. The van der Waals surface area contributed by atoms with Gasteiger partial charge in [0.2, 0.25) is 5.91 Å². The van der Waals surface area contributed by atoms with E-state index in [1.807, 2.05) is 0 Å². The zero-order chi connectivity index (χ0) is 11.3. The van der Waals surface area contributed by atoms with E-state index in [0.717, 1.165) is 25.9 Å². The highest BCUT2D eigenvalue weighted by molar-refractivity contribution is 5.79. The van der Waals surface area contributed by atoms with Crippen LogP contribution in [0, 0.1) is 11.8 Å². The maximum Gasteiger partial charge on any atom is 0.223 e. The van der Waals surface area contributed by atoms with Gasteiger partial charge in [-0.1, -0.05) is 27.2 Å². The first-order chi connectivity index (χ1) is 7.15. The van der Waals surface area contributed by atoms with Crippen LogP contribution in [0.3, 0.4) is 0 Å². The lowest BCUT2D eigenvalue weighted by Crippen LogP contribution is -2.40. The first-order valence-corrected chi connectivity index (χ1v) is 6.03. The first-order valence-electron chi connectivity index (χ1n) is 6.03. The number of hydrogen-bond donors (Lipinski definition) is 1. The fourth-order valence-electron chi connectivity index (χ4n) is 2.03. The highest BCUT2D eigenvalue weighted by Gasteiger charge is 2.25. The Morgan fingerprint density at radius 1 is 1.53 bits per heavy atom. The Bertz CT molecular complexity index is 198. The summed E-state index contributed by atoms with van der Waals surface area (Å²) >= 11 is 0. The molecular weight excluding hydrogens is 190 g/mol. The van der Waals surface area contributed by atoms with Crippen molar-refractivity contribution in [3.63, 3.8) is 0 Å². The van der Waals surface area contributed by atoms with Crippen molar-refractivity contribution in [2.75, 3.05) is 13.2 Å². The van der Waals surface area contributed by atoms with Crippen LogP contribution in [0.15, 0.2) is 0 Å². The Hall–Kier alpha value is -0.570. The molecule has 0 aliphatic carbocycles. The molecule has 1 rings (SSSR count). The van der Waals surface area contributed by atoms with Gasteiger partial charge in [-0.05, 0) is 18.8 Å². The highest BCUT2D eigenvalue weighted by atomic mass is 16.5. The summed E-state index contributed by atoms with van der Waals surface area (Å²) in [5, 5.41) is 3.08. The lowest BCUT2D eigenvalue weighted by Gasteiger charge is -2.21. The maximum absolute atomic E-state index is 12.0. The summed E-state index contributed by atoms with van der Waals surface area (Å²) in [7, 11) is 0. The van der Waals surface area contributed by atoms with Crippen LogP contribution in [0.2, 0.25) is 0 Å². The lowest BCUT2D eigenvalue weighted by molar-refractivity contribution is -0.127. The third-order valence-corrected chi connectivity index (χ3v) is 3.02. The first kappa shape index (κ1) is 12.5. The molecule has 1 fully saturated rings. The van der Waals surface area contributed by atoms with Crippen LogP contribution in [0.5, 0.6) is 0 Å². The molecule has 15 heavy (non-hydrogen) atoms. The number of nitrogens with one attached hydrogen (secondary N) is 1. The van der Waals surface area contributed by atoms with E-state index in [-0.39, 0.29) is 17.9 Å². The van der Waals surface area contributed by atoms with E-state index in [4.69, 9.17) is 4.74 Å². The van der Waals surface area contributed by atoms with E-state index < -0.39 is 0 Å². The summed E-state index contributed by atoms with van der Waals surface area (Å²) in [5.41, 5.74) is 0. The minimum atomic E-state index is 0.163. The van der Waals surface area contributed by atoms with Crippen LogP contribution < -0.4 is 5.32 Å². The van der Waals surface area contributed by atoms with E-state index in [2.05, 4.69) is 26.1 Å². The van der Waals surface area contributed by atoms with E-state index in [0.29, 0.717) is 12.5 Å². The van der Waals surface area contributed by atoms with Gasteiger partial charge in [-0.15, -0.1) is 0 Å². The predicted molar refractivity (Wildman–Crippen MR) is 60.6 cm³/mol. The summed E-state index contributed by atoms with van der Waals surface area (Å²) in [4.78, 5) is 12.0. The summed E-state index contributed by atoms with van der Waals surface area (Å²) in [6.07, 6.45) is 3.01. The average Bonchev–Trinajstić information content (AvgIpc) is 2.65. The summed E-state index contributed by atoms with van der Waals surface area (Å²) < 4.78 is 5.24. The van der Waals surface area contributed by atoms with Crippen molar-refractivity contribution >= 4 is 5.91 Å². The van der Waals surface area contributed by atoms with Gasteiger partial charge < -0.3 is 10.1 Å². The standard InChI is InChI=1S/C12H23NO2/c1-4-5-11(9(2)3)12(14)13-10-6-7-15-8-10/h9-11H,4-8H2,1-3H3,(H,13,14)/t10-,11+/m0/s1. The SMILES string of the molecule is CCC[C@@H](C(=O)N[C@H]1CCOC1)C(C)C. The van der Waals surface area contributed by atoms with Crippen molar-refractivity contribution in [2.24, 2.45) is 11.8 Å². The molecule has 1 N–H and O–H groups in total. The highest BCUT2D eigenvalue weighted by Crippen LogP contribution is 2.18. The smallest absolute Gasteiger partial charge is 0.223 e. The largest absolute Gasteiger partial charge is 0.379 e. The second-order valence-corrected chi connectivity index (χ2v) is 4.71. The summed E-state index contributed by atoms with van der Waals surface area (Å²) in [6, 6.07) is 0.246. The van der Waals surface area contributed by atoms with Gasteiger partial charge in [-0.2, -0.15) is 0 Å². The van der Waals surface area contributed by atoms with Gasteiger partial charge in [0.1, 0.15) is 0 Å². The minimum Gasteiger partial charge on any atom is -0.379 e. The molecule has 0 bridgehead atoms. The number of carbonyl (C=O) groups is 1. The Morgan fingerprint density at radius 2 is 2.27 bits per heavy atom. The van der Waals surface area contributed by atoms with Crippen LogP contribution in [0.25, 0.3) is 0 Å². The molecule has 1 amide bonds. The van der Waals surface area contributed by atoms with Gasteiger partial charge in [0.05, 0.1) is 12.6 Å². The normalized spacial score (nSPS) is 23.1. The molecule has 0 aromatic carbocycles. The number of amides is 1. The Labute approximate surface area is 92.6 Å². The van der Waals surface area contributed by atoms with Gasteiger partial charge in [0.15, 0.2) is 0 Å². The van der Waals surface area contributed by atoms with Crippen LogP contribution in [0.1, 0.15) is 40.0 Å². The molecular formula is C12H23NO2. The van der Waals surface area contributed by atoms with Crippen LogP contribution in [0.4, 0.5) is 0 Å². The van der Waals surface area contributed by atoms with Crippen molar-refractivity contribution in [3.8, 4) is 0 Å². The van der Waals surface area contributed by atoms with Gasteiger partial charge >= 0.3 is 0 Å². The number of rotatable bonds is 5. The Morgan fingerprint density at radius 3 is 2.73 bits per heavy atom. The van der Waals surface area contributed by atoms with Gasteiger partial charge in [0, 0.05) is 12.5 Å². The third kappa shape index (κ3) is 3.82. The lowest BCUT2D eigenvalue weighted by atomic mass is 9.90. The van der Waals surface area contributed by atoms with Gasteiger partial charge in [-0.3, -0.25) is 4.79 Å². The van der Waals surface area contributed by atoms with E-state index >= 15 is 0 Å². The molecule has 0 aromatic rings. The van der Waals surface area contributed by atoms with Crippen molar-refractivity contribution in [1.82, 2.24) is 5.32 Å². The number of carbonyl (C=O) groups excluding carboxylic acids is 1. The van der Waals surface area contributed by atoms with Crippen molar-refractivity contribution in [2.45, 2.75) is 46.1 Å². The number of ether oxygens (including phenoxy) is 1. The van der Waals surface area contributed by atoms with Gasteiger partial charge in [0.25, 0.3) is 0 Å². The molecule has 2 atom stereocenters. The predicted octanol–water partition coefficient (Wildman–Crippen LogP) is 1.96. The molecule has 0 unspecified atom stereocenters. The Kier molecular flexibility index (Phi) is 5.09. The van der Waals surface area contributed by atoms with Crippen LogP contribution in [-0.2, 0) is 9.53 Å². The van der Waals surface area contributed by atoms with Crippen molar-refractivity contribution in [1.29, 1.82) is 0 Å². The zero-order valence-corrected chi connectivity index (χ0v) is 10.1. The van der Waals surface area contributed by atoms with Crippen LogP contribution >= 0.6 is 0 Å². The molecule has 1 saturated heterocycles. The molecule has 3 nitrogen and oxygen atoms in total. The van der Waals surface area contributed by atoms with Gasteiger partial charge in [-0.25, -0.2) is 0 Å². The van der Waals surface area contributed by atoms with Crippen LogP contribution in [-0.4, -0.2) is 25.2 Å². The van der Waals surface area contributed by atoms with Crippen molar-refractivity contribution in [3.05, 3.63) is 0 Å². The molecule has 0 radical (unpaired) electrons. The fraction of sp³-hybridized carbons (Fsp3) is 0.917. The molecule has 1 heterocycles. The quantitative estimate of drug-likeness (QED) is 0.758. The molecule has 1 aliphatic heterocycles. The zero-order valence-electron chi connectivity index (χ0n) is 10.1. The van der Waals surface area contributed by atoms with E-state index in [9.17, 15) is 4.79 Å². The second kappa shape index (κ2) is 6.11. The maximum atomic E-state index is 12.0. The second-order valence-electron chi connectivity index (χ2n) is 4.71.